The molecule has 1 aromatic carbocycles. The highest BCUT2D eigenvalue weighted by atomic mass is 16.7. The fourth-order valence-electron chi connectivity index (χ4n) is 1.31. The van der Waals surface area contributed by atoms with E-state index < -0.39 is 0 Å². The topological polar surface area (TPSA) is 18.5 Å². The molecule has 0 aliphatic rings. The monoisotopic (exact) mass is 218 g/mol. The van der Waals surface area contributed by atoms with E-state index in [1.807, 2.05) is 50.3 Å². The quantitative estimate of drug-likeness (QED) is 0.412. The highest BCUT2D eigenvalue weighted by molar-refractivity contribution is 5.53. The molecule has 0 amide bonds. The molecule has 1 atom stereocenters. The molecule has 0 aliphatic carbocycles. The first-order chi connectivity index (χ1) is 7.76. The van der Waals surface area contributed by atoms with Crippen molar-refractivity contribution in [3.63, 3.8) is 0 Å². The number of hydrogen-bond donors (Lipinski definition) is 0. The van der Waals surface area contributed by atoms with E-state index in [1.165, 1.54) is 0 Å². The smallest absolute Gasteiger partial charge is 0.196 e. The second kappa shape index (κ2) is 6.85. The average molecular weight is 218 g/mol. The number of benzene rings is 1. The van der Waals surface area contributed by atoms with Crippen LogP contribution in [0, 0.1) is 0 Å². The van der Waals surface area contributed by atoms with E-state index in [0.717, 1.165) is 5.56 Å². The summed E-state index contributed by atoms with van der Waals surface area (Å²) in [6.45, 7) is 8.16. The Morgan fingerprint density at radius 2 is 2.06 bits per heavy atom. The minimum absolute atomic E-state index is 0.252. The third-order valence-corrected chi connectivity index (χ3v) is 2.01. The van der Waals surface area contributed by atoms with E-state index in [4.69, 9.17) is 9.47 Å². The lowest BCUT2D eigenvalue weighted by Gasteiger charge is -2.14. The predicted molar refractivity (Wildman–Crippen MR) is 66.8 cm³/mol. The van der Waals surface area contributed by atoms with Crippen molar-refractivity contribution in [2.75, 3.05) is 6.61 Å². The number of hydrogen-bond acceptors (Lipinski definition) is 2. The van der Waals surface area contributed by atoms with Gasteiger partial charge in [-0.3, -0.25) is 0 Å². The van der Waals surface area contributed by atoms with E-state index in [2.05, 4.69) is 6.58 Å². The highest BCUT2D eigenvalue weighted by Crippen LogP contribution is 2.11. The molecule has 1 rings (SSSR count). The van der Waals surface area contributed by atoms with Crippen LogP contribution in [0.25, 0.3) is 6.08 Å². The minimum Gasteiger partial charge on any atom is -0.465 e. The summed E-state index contributed by atoms with van der Waals surface area (Å²) in [5.41, 5.74) is 1.08. The van der Waals surface area contributed by atoms with Gasteiger partial charge in [0.25, 0.3) is 0 Å². The second-order valence-corrected chi connectivity index (χ2v) is 3.30. The Kier molecular flexibility index (Phi) is 5.37. The van der Waals surface area contributed by atoms with E-state index >= 15 is 0 Å². The first-order valence-corrected chi connectivity index (χ1v) is 5.43. The summed E-state index contributed by atoms with van der Waals surface area (Å²) >= 11 is 0. The van der Waals surface area contributed by atoms with Gasteiger partial charge in [0, 0.05) is 6.61 Å². The Bertz CT molecular complexity index is 341. The van der Waals surface area contributed by atoms with Gasteiger partial charge in [-0.1, -0.05) is 36.9 Å². The Labute approximate surface area is 97.2 Å². The standard InChI is InChI=1S/C14H18O2/c1-4-14(16-12(3)15-5-2)11-13-9-7-6-8-10-13/h4,6-12H,1,5H2,2-3H3. The average Bonchev–Trinajstić information content (AvgIpc) is 2.30. The molecule has 0 aromatic heterocycles. The summed E-state index contributed by atoms with van der Waals surface area (Å²) in [5.74, 6) is 0.715. The van der Waals surface area contributed by atoms with Crippen molar-refractivity contribution < 1.29 is 9.47 Å². The third kappa shape index (κ3) is 4.32. The van der Waals surface area contributed by atoms with Gasteiger partial charge < -0.3 is 9.47 Å². The lowest BCUT2D eigenvalue weighted by atomic mass is 10.2. The van der Waals surface area contributed by atoms with Crippen LogP contribution in [0.3, 0.4) is 0 Å². The molecule has 0 N–H and O–H groups in total. The van der Waals surface area contributed by atoms with Crippen LogP contribution in [-0.4, -0.2) is 12.9 Å². The van der Waals surface area contributed by atoms with Gasteiger partial charge in [-0.15, -0.1) is 0 Å². The van der Waals surface area contributed by atoms with Crippen molar-refractivity contribution in [3.8, 4) is 0 Å². The summed E-state index contributed by atoms with van der Waals surface area (Å²) in [4.78, 5) is 0. The SMILES string of the molecule is C=CC(=Cc1ccccc1)OC(C)OCC. The highest BCUT2D eigenvalue weighted by Gasteiger charge is 2.02. The maximum Gasteiger partial charge on any atom is 0.196 e. The Balaban J connectivity index is 2.67. The molecular formula is C14H18O2. The zero-order chi connectivity index (χ0) is 11.8. The normalized spacial score (nSPS) is 13.2. The van der Waals surface area contributed by atoms with Gasteiger partial charge in [0.1, 0.15) is 5.76 Å². The van der Waals surface area contributed by atoms with E-state index in [-0.39, 0.29) is 6.29 Å². The third-order valence-electron chi connectivity index (χ3n) is 2.01. The second-order valence-electron chi connectivity index (χ2n) is 3.30. The predicted octanol–water partition coefficient (Wildman–Crippen LogP) is 3.61. The summed E-state index contributed by atoms with van der Waals surface area (Å²) < 4.78 is 10.9. The first kappa shape index (κ1) is 12.5. The molecule has 0 saturated heterocycles. The van der Waals surface area contributed by atoms with Gasteiger partial charge in [0.15, 0.2) is 6.29 Å². The molecule has 2 nitrogen and oxygen atoms in total. The molecule has 0 spiro atoms. The number of ether oxygens (including phenoxy) is 2. The van der Waals surface area contributed by atoms with E-state index in [0.29, 0.717) is 12.4 Å². The molecule has 0 radical (unpaired) electrons. The van der Waals surface area contributed by atoms with Crippen molar-refractivity contribution in [1.29, 1.82) is 0 Å². The fourth-order valence-corrected chi connectivity index (χ4v) is 1.31. The maximum absolute atomic E-state index is 5.56. The molecule has 0 heterocycles. The first-order valence-electron chi connectivity index (χ1n) is 5.43. The van der Waals surface area contributed by atoms with Gasteiger partial charge in [0.05, 0.1) is 0 Å². The van der Waals surface area contributed by atoms with E-state index in [1.54, 1.807) is 6.08 Å². The molecule has 1 unspecified atom stereocenters. The van der Waals surface area contributed by atoms with Crippen molar-refractivity contribution >= 4 is 6.08 Å². The lowest BCUT2D eigenvalue weighted by Crippen LogP contribution is -2.11. The zero-order valence-electron chi connectivity index (χ0n) is 9.85. The van der Waals surface area contributed by atoms with Crippen molar-refractivity contribution in [2.45, 2.75) is 20.1 Å². The lowest BCUT2D eigenvalue weighted by molar-refractivity contribution is -0.0947. The van der Waals surface area contributed by atoms with Crippen LogP contribution >= 0.6 is 0 Å². The number of rotatable bonds is 6. The van der Waals surface area contributed by atoms with Crippen molar-refractivity contribution in [3.05, 3.63) is 54.3 Å². The summed E-state index contributed by atoms with van der Waals surface area (Å²) in [7, 11) is 0. The van der Waals surface area contributed by atoms with Crippen molar-refractivity contribution in [2.24, 2.45) is 0 Å². The summed E-state index contributed by atoms with van der Waals surface area (Å²) in [5, 5.41) is 0. The Hall–Kier alpha value is -1.54. The molecule has 86 valence electrons. The van der Waals surface area contributed by atoms with Gasteiger partial charge in [-0.05, 0) is 31.6 Å². The minimum atomic E-state index is -0.252. The van der Waals surface area contributed by atoms with Gasteiger partial charge in [0.2, 0.25) is 0 Å². The van der Waals surface area contributed by atoms with Gasteiger partial charge >= 0.3 is 0 Å². The van der Waals surface area contributed by atoms with Crippen LogP contribution < -0.4 is 0 Å². The molecule has 0 fully saturated rings. The fraction of sp³-hybridized carbons (Fsp3) is 0.286. The largest absolute Gasteiger partial charge is 0.465 e. The van der Waals surface area contributed by atoms with Crippen LogP contribution in [-0.2, 0) is 9.47 Å². The Morgan fingerprint density at radius 1 is 1.38 bits per heavy atom. The molecular weight excluding hydrogens is 200 g/mol. The zero-order valence-corrected chi connectivity index (χ0v) is 9.85. The molecule has 16 heavy (non-hydrogen) atoms. The van der Waals surface area contributed by atoms with Gasteiger partial charge in [-0.25, -0.2) is 0 Å². The molecule has 2 heteroatoms. The van der Waals surface area contributed by atoms with Crippen LogP contribution in [0.2, 0.25) is 0 Å². The number of allylic oxidation sites excluding steroid dienone is 1. The van der Waals surface area contributed by atoms with E-state index in [9.17, 15) is 0 Å². The summed E-state index contributed by atoms with van der Waals surface area (Å²) in [6.07, 6.45) is 3.36. The van der Waals surface area contributed by atoms with Crippen LogP contribution in [0.5, 0.6) is 0 Å². The molecule has 0 bridgehead atoms. The van der Waals surface area contributed by atoms with Crippen LogP contribution in [0.4, 0.5) is 0 Å². The summed E-state index contributed by atoms with van der Waals surface area (Å²) in [6, 6.07) is 9.97. The van der Waals surface area contributed by atoms with Crippen LogP contribution in [0.15, 0.2) is 48.7 Å². The van der Waals surface area contributed by atoms with Crippen LogP contribution in [0.1, 0.15) is 19.4 Å². The molecule has 0 saturated carbocycles. The Morgan fingerprint density at radius 3 is 2.62 bits per heavy atom. The van der Waals surface area contributed by atoms with Gasteiger partial charge in [-0.2, -0.15) is 0 Å². The molecule has 0 aliphatic heterocycles. The maximum atomic E-state index is 5.56. The van der Waals surface area contributed by atoms with Crippen molar-refractivity contribution in [1.82, 2.24) is 0 Å². The molecule has 1 aromatic rings.